The molecular weight excluding hydrogens is 578 g/mol. The first-order valence-electron chi connectivity index (χ1n) is 16.5. The van der Waals surface area contributed by atoms with Crippen LogP contribution in [0.5, 0.6) is 11.5 Å². The Morgan fingerprint density at radius 2 is 1.41 bits per heavy atom. The van der Waals surface area contributed by atoms with Crippen LogP contribution in [-0.2, 0) is 22.6 Å². The Labute approximate surface area is 276 Å². The standard InChI is InChI=1S/C38H53N3O5/c1-8-40(9-2)24-13-25-44-33-22-18-32(19-23-33)41(27-29(3)4)36(42)35(39-37(43)46-38(5,6)7)26-30-16-20-34(21-17-30)45-28-31-14-11-10-12-15-31/h10-12,14-23,29,35H,8-9,13,24-28H2,1-7H3,(H,39,43)/t35-/m1/s1. The Balaban J connectivity index is 1.75. The van der Waals surface area contributed by atoms with E-state index < -0.39 is 17.7 Å². The average molecular weight is 632 g/mol. The van der Waals surface area contributed by atoms with E-state index in [1.165, 1.54) is 0 Å². The zero-order valence-electron chi connectivity index (χ0n) is 28.8. The van der Waals surface area contributed by atoms with Crippen LogP contribution in [0.4, 0.5) is 10.5 Å². The van der Waals surface area contributed by atoms with Gasteiger partial charge in [-0.25, -0.2) is 4.79 Å². The maximum atomic E-state index is 14.2. The molecule has 0 aromatic heterocycles. The van der Waals surface area contributed by atoms with Crippen LogP contribution >= 0.6 is 0 Å². The van der Waals surface area contributed by atoms with Crippen LogP contribution in [0, 0.1) is 5.92 Å². The molecule has 1 N–H and O–H groups in total. The summed E-state index contributed by atoms with van der Waals surface area (Å²) in [4.78, 5) is 31.3. The summed E-state index contributed by atoms with van der Waals surface area (Å²) >= 11 is 0. The first kappa shape index (κ1) is 36.4. The molecule has 0 bridgehead atoms. The highest BCUT2D eigenvalue weighted by Crippen LogP contribution is 2.23. The van der Waals surface area contributed by atoms with E-state index in [1.54, 1.807) is 25.7 Å². The minimum Gasteiger partial charge on any atom is -0.494 e. The number of anilines is 1. The molecule has 3 aromatic rings. The monoisotopic (exact) mass is 631 g/mol. The number of nitrogens with one attached hydrogen (secondary N) is 1. The van der Waals surface area contributed by atoms with Gasteiger partial charge in [0.1, 0.15) is 29.7 Å². The molecule has 0 spiro atoms. The molecule has 0 aliphatic heterocycles. The zero-order valence-corrected chi connectivity index (χ0v) is 28.8. The molecule has 0 aliphatic carbocycles. The van der Waals surface area contributed by atoms with Gasteiger partial charge in [-0.3, -0.25) is 4.79 Å². The first-order chi connectivity index (χ1) is 22.0. The molecule has 46 heavy (non-hydrogen) atoms. The lowest BCUT2D eigenvalue weighted by atomic mass is 10.0. The number of benzene rings is 3. The normalized spacial score (nSPS) is 12.1. The van der Waals surface area contributed by atoms with Crippen molar-refractivity contribution in [3.05, 3.63) is 90.0 Å². The van der Waals surface area contributed by atoms with Gasteiger partial charge in [0.15, 0.2) is 0 Å². The largest absolute Gasteiger partial charge is 0.494 e. The smallest absolute Gasteiger partial charge is 0.408 e. The van der Waals surface area contributed by atoms with Crippen LogP contribution in [0.15, 0.2) is 78.9 Å². The lowest BCUT2D eigenvalue weighted by Crippen LogP contribution is -2.51. The van der Waals surface area contributed by atoms with Gasteiger partial charge in [-0.05, 0) is 93.7 Å². The number of nitrogens with zero attached hydrogens (tertiary/aromatic N) is 2. The Hall–Kier alpha value is -4.04. The third kappa shape index (κ3) is 12.8. The Morgan fingerprint density at radius 3 is 2.00 bits per heavy atom. The van der Waals surface area contributed by atoms with Crippen molar-refractivity contribution < 1.29 is 23.8 Å². The summed E-state index contributed by atoms with van der Waals surface area (Å²) < 4.78 is 17.5. The molecular formula is C38H53N3O5. The third-order valence-corrected chi connectivity index (χ3v) is 7.34. The van der Waals surface area contributed by atoms with Gasteiger partial charge >= 0.3 is 6.09 Å². The molecule has 1 atom stereocenters. The number of amides is 2. The highest BCUT2D eigenvalue weighted by atomic mass is 16.6. The second-order valence-electron chi connectivity index (χ2n) is 12.9. The molecule has 0 heterocycles. The number of carbonyl (C=O) groups is 2. The Kier molecular flexibility index (Phi) is 14.4. The Morgan fingerprint density at radius 1 is 0.804 bits per heavy atom. The third-order valence-electron chi connectivity index (χ3n) is 7.34. The van der Waals surface area contributed by atoms with Crippen molar-refractivity contribution in [3.63, 3.8) is 0 Å². The highest BCUT2D eigenvalue weighted by Gasteiger charge is 2.30. The van der Waals surface area contributed by atoms with Crippen molar-refractivity contribution in [3.8, 4) is 11.5 Å². The average Bonchev–Trinajstić information content (AvgIpc) is 3.02. The number of rotatable bonds is 17. The number of alkyl carbamates (subject to hydrolysis) is 1. The molecule has 0 radical (unpaired) electrons. The highest BCUT2D eigenvalue weighted by molar-refractivity contribution is 5.99. The Bertz CT molecular complexity index is 1320. The van der Waals surface area contributed by atoms with Gasteiger partial charge in [-0.15, -0.1) is 0 Å². The molecule has 250 valence electrons. The molecule has 0 saturated heterocycles. The van der Waals surface area contributed by atoms with Crippen LogP contribution in [0.2, 0.25) is 0 Å². The number of hydrogen-bond acceptors (Lipinski definition) is 6. The topological polar surface area (TPSA) is 80.3 Å². The van der Waals surface area contributed by atoms with Crippen LogP contribution in [0.25, 0.3) is 0 Å². The number of carbonyl (C=O) groups excluding carboxylic acids is 2. The molecule has 0 saturated carbocycles. The predicted molar refractivity (Wildman–Crippen MR) is 186 cm³/mol. The SMILES string of the molecule is CCN(CC)CCCOc1ccc(N(CC(C)C)C(=O)[C@@H](Cc2ccc(OCc3ccccc3)cc2)NC(=O)OC(C)(C)C)cc1. The van der Waals surface area contributed by atoms with Gasteiger partial charge in [0.2, 0.25) is 5.91 Å². The first-order valence-corrected chi connectivity index (χ1v) is 16.5. The van der Waals surface area contributed by atoms with Crippen LogP contribution in [0.1, 0.15) is 66.0 Å². The van der Waals surface area contributed by atoms with Crippen molar-refractivity contribution >= 4 is 17.7 Å². The summed E-state index contributed by atoms with van der Waals surface area (Å²) in [6.07, 6.45) is 0.602. The summed E-state index contributed by atoms with van der Waals surface area (Å²) in [5, 5.41) is 2.86. The summed E-state index contributed by atoms with van der Waals surface area (Å²) in [6.45, 7) is 18.5. The van der Waals surface area contributed by atoms with E-state index in [0.29, 0.717) is 26.2 Å². The van der Waals surface area contributed by atoms with Crippen molar-refractivity contribution in [1.82, 2.24) is 10.2 Å². The summed E-state index contributed by atoms with van der Waals surface area (Å²) in [7, 11) is 0. The van der Waals surface area contributed by atoms with E-state index in [0.717, 1.165) is 54.4 Å². The second-order valence-corrected chi connectivity index (χ2v) is 12.9. The van der Waals surface area contributed by atoms with E-state index in [9.17, 15) is 9.59 Å². The van der Waals surface area contributed by atoms with Gasteiger partial charge in [0.05, 0.1) is 6.61 Å². The molecule has 0 unspecified atom stereocenters. The molecule has 2 amide bonds. The van der Waals surface area contributed by atoms with Gasteiger partial charge < -0.3 is 29.3 Å². The van der Waals surface area contributed by atoms with E-state index in [2.05, 4.69) is 37.9 Å². The maximum Gasteiger partial charge on any atom is 0.408 e. The molecule has 8 heteroatoms. The summed E-state index contributed by atoms with van der Waals surface area (Å²) in [5.41, 5.74) is 2.02. The number of ether oxygens (including phenoxy) is 3. The minimum absolute atomic E-state index is 0.197. The predicted octanol–water partition coefficient (Wildman–Crippen LogP) is 7.50. The fraction of sp³-hybridized carbons (Fsp3) is 0.474. The van der Waals surface area contributed by atoms with Gasteiger partial charge in [0, 0.05) is 25.2 Å². The minimum atomic E-state index is -0.847. The lowest BCUT2D eigenvalue weighted by molar-refractivity contribution is -0.120. The lowest BCUT2D eigenvalue weighted by Gasteiger charge is -2.30. The molecule has 0 fully saturated rings. The van der Waals surface area contributed by atoms with E-state index in [1.807, 2.05) is 78.9 Å². The summed E-state index contributed by atoms with van der Waals surface area (Å²) in [5.74, 6) is 1.48. The molecule has 0 aliphatic rings. The van der Waals surface area contributed by atoms with E-state index >= 15 is 0 Å². The maximum absolute atomic E-state index is 14.2. The molecule has 3 rings (SSSR count). The van der Waals surface area contributed by atoms with Gasteiger partial charge in [0.25, 0.3) is 0 Å². The van der Waals surface area contributed by atoms with Crippen molar-refractivity contribution in [2.24, 2.45) is 5.92 Å². The fourth-order valence-corrected chi connectivity index (χ4v) is 4.96. The number of hydrogen-bond donors (Lipinski definition) is 1. The van der Waals surface area contributed by atoms with Crippen molar-refractivity contribution in [2.75, 3.05) is 37.7 Å². The van der Waals surface area contributed by atoms with Crippen molar-refractivity contribution in [2.45, 2.75) is 79.6 Å². The molecule has 3 aromatic carbocycles. The van der Waals surface area contributed by atoms with Gasteiger partial charge in [-0.2, -0.15) is 0 Å². The quantitative estimate of drug-likeness (QED) is 0.156. The van der Waals surface area contributed by atoms with Crippen LogP contribution in [-0.4, -0.2) is 61.3 Å². The zero-order chi connectivity index (χ0) is 33.5. The van der Waals surface area contributed by atoms with Gasteiger partial charge in [-0.1, -0.05) is 70.2 Å². The fourth-order valence-electron chi connectivity index (χ4n) is 4.96. The van der Waals surface area contributed by atoms with Crippen LogP contribution < -0.4 is 19.7 Å². The second kappa shape index (κ2) is 18.2. The summed E-state index contributed by atoms with van der Waals surface area (Å²) in [6, 6.07) is 24.4. The van der Waals surface area contributed by atoms with Crippen LogP contribution in [0.3, 0.4) is 0 Å². The van der Waals surface area contributed by atoms with Crippen molar-refractivity contribution in [1.29, 1.82) is 0 Å². The molecule has 8 nitrogen and oxygen atoms in total. The van der Waals surface area contributed by atoms with E-state index in [-0.39, 0.29) is 11.8 Å². The van der Waals surface area contributed by atoms with E-state index in [4.69, 9.17) is 14.2 Å².